The standard InChI is InChI=1S/C21H32N6O3/c1-21(2,3)17-4-5-19(28)27(24-17)12-11-25-7-9-26(10-8-25)14-18-22-23-20(30-18)16-6-13-29-15-16/h4-5,16H,6-15H2,1-3H3. The number of aromatic nitrogens is 4. The maximum Gasteiger partial charge on any atom is 0.266 e. The highest BCUT2D eigenvalue weighted by Crippen LogP contribution is 2.24. The number of piperazine rings is 1. The van der Waals surface area contributed by atoms with Gasteiger partial charge < -0.3 is 9.15 Å². The van der Waals surface area contributed by atoms with Gasteiger partial charge in [0, 0.05) is 50.8 Å². The van der Waals surface area contributed by atoms with E-state index in [1.54, 1.807) is 10.7 Å². The Morgan fingerprint density at radius 3 is 2.53 bits per heavy atom. The van der Waals surface area contributed by atoms with Crippen LogP contribution in [0.2, 0.25) is 0 Å². The zero-order valence-corrected chi connectivity index (χ0v) is 18.2. The lowest BCUT2D eigenvalue weighted by Crippen LogP contribution is -2.47. The molecule has 4 rings (SSSR count). The first-order chi connectivity index (χ1) is 14.4. The summed E-state index contributed by atoms with van der Waals surface area (Å²) in [4.78, 5) is 16.9. The average molecular weight is 417 g/mol. The van der Waals surface area contributed by atoms with E-state index in [-0.39, 0.29) is 16.9 Å². The van der Waals surface area contributed by atoms with E-state index >= 15 is 0 Å². The molecule has 0 aliphatic carbocycles. The first-order valence-corrected chi connectivity index (χ1v) is 10.8. The van der Waals surface area contributed by atoms with E-state index < -0.39 is 0 Å². The monoisotopic (exact) mass is 416 g/mol. The molecule has 9 nitrogen and oxygen atoms in total. The third-order valence-corrected chi connectivity index (χ3v) is 5.85. The Balaban J connectivity index is 1.25. The Morgan fingerprint density at radius 2 is 1.83 bits per heavy atom. The quantitative estimate of drug-likeness (QED) is 0.695. The first-order valence-electron chi connectivity index (χ1n) is 10.8. The predicted molar refractivity (Wildman–Crippen MR) is 111 cm³/mol. The van der Waals surface area contributed by atoms with Gasteiger partial charge in [0.15, 0.2) is 0 Å². The van der Waals surface area contributed by atoms with Crippen molar-refractivity contribution >= 4 is 0 Å². The van der Waals surface area contributed by atoms with Crippen molar-refractivity contribution in [1.82, 2.24) is 29.8 Å². The molecule has 0 N–H and O–H groups in total. The minimum atomic E-state index is -0.0690. The van der Waals surface area contributed by atoms with E-state index in [2.05, 4.69) is 45.9 Å². The van der Waals surface area contributed by atoms with Gasteiger partial charge >= 0.3 is 0 Å². The van der Waals surface area contributed by atoms with Gasteiger partial charge in [-0.3, -0.25) is 14.6 Å². The smallest absolute Gasteiger partial charge is 0.266 e. The van der Waals surface area contributed by atoms with Crippen molar-refractivity contribution < 1.29 is 9.15 Å². The van der Waals surface area contributed by atoms with Crippen LogP contribution in [0.4, 0.5) is 0 Å². The van der Waals surface area contributed by atoms with Crippen LogP contribution in [0, 0.1) is 0 Å². The lowest BCUT2D eigenvalue weighted by atomic mass is 9.92. The van der Waals surface area contributed by atoms with Gasteiger partial charge in [0.05, 0.1) is 31.3 Å². The molecule has 2 aromatic rings. The SMILES string of the molecule is CC(C)(C)c1ccc(=O)n(CCN2CCN(Cc3nnc(C4CCOC4)o3)CC2)n1. The van der Waals surface area contributed by atoms with Gasteiger partial charge in [-0.1, -0.05) is 20.8 Å². The number of rotatable bonds is 6. The minimum Gasteiger partial charge on any atom is -0.423 e. The summed E-state index contributed by atoms with van der Waals surface area (Å²) in [6.45, 7) is 13.7. The van der Waals surface area contributed by atoms with E-state index in [1.165, 1.54) is 0 Å². The summed E-state index contributed by atoms with van der Waals surface area (Å²) < 4.78 is 12.8. The van der Waals surface area contributed by atoms with E-state index in [1.807, 2.05) is 6.07 Å². The van der Waals surface area contributed by atoms with Gasteiger partial charge in [0.2, 0.25) is 11.8 Å². The third-order valence-electron chi connectivity index (χ3n) is 5.85. The molecule has 0 amide bonds. The molecule has 164 valence electrons. The Kier molecular flexibility index (Phi) is 6.31. The summed E-state index contributed by atoms with van der Waals surface area (Å²) in [5, 5.41) is 13.0. The van der Waals surface area contributed by atoms with Crippen LogP contribution in [0.25, 0.3) is 0 Å². The van der Waals surface area contributed by atoms with Crippen molar-refractivity contribution in [3.63, 3.8) is 0 Å². The first kappa shape index (κ1) is 21.1. The fourth-order valence-electron chi connectivity index (χ4n) is 3.83. The zero-order valence-electron chi connectivity index (χ0n) is 18.2. The third kappa shape index (κ3) is 5.14. The molecule has 1 unspecified atom stereocenters. The molecule has 4 heterocycles. The Hall–Kier alpha value is -2.10. The van der Waals surface area contributed by atoms with Crippen LogP contribution in [0.5, 0.6) is 0 Å². The van der Waals surface area contributed by atoms with Crippen molar-refractivity contribution in [3.05, 3.63) is 40.0 Å². The highest BCUT2D eigenvalue weighted by Gasteiger charge is 2.25. The summed E-state index contributed by atoms with van der Waals surface area (Å²) in [6, 6.07) is 3.46. The van der Waals surface area contributed by atoms with Gasteiger partial charge in [0.1, 0.15) is 0 Å². The lowest BCUT2D eigenvalue weighted by molar-refractivity contribution is 0.114. The molecule has 30 heavy (non-hydrogen) atoms. The topological polar surface area (TPSA) is 89.5 Å². The predicted octanol–water partition coefficient (Wildman–Crippen LogP) is 1.25. The van der Waals surface area contributed by atoms with E-state index in [0.717, 1.165) is 51.4 Å². The van der Waals surface area contributed by atoms with Crippen molar-refractivity contribution in [2.45, 2.75) is 51.6 Å². The molecule has 0 radical (unpaired) electrons. The summed E-state index contributed by atoms with van der Waals surface area (Å²) in [5.74, 6) is 1.63. The molecule has 0 spiro atoms. The fraction of sp³-hybridized carbons (Fsp3) is 0.714. The van der Waals surface area contributed by atoms with Gasteiger partial charge in [-0.05, 0) is 12.5 Å². The largest absolute Gasteiger partial charge is 0.423 e. The molecule has 2 saturated heterocycles. The normalized spacial score (nSPS) is 21.4. The van der Waals surface area contributed by atoms with E-state index in [4.69, 9.17) is 9.15 Å². The second-order valence-electron chi connectivity index (χ2n) is 9.24. The van der Waals surface area contributed by atoms with E-state index in [0.29, 0.717) is 31.5 Å². The average Bonchev–Trinajstić information content (AvgIpc) is 3.39. The minimum absolute atomic E-state index is 0.0403. The van der Waals surface area contributed by atoms with Crippen molar-refractivity contribution in [2.75, 3.05) is 45.9 Å². The molecule has 0 saturated carbocycles. The summed E-state index contributed by atoms with van der Waals surface area (Å²) in [6.07, 6.45) is 0.955. The summed E-state index contributed by atoms with van der Waals surface area (Å²) in [7, 11) is 0. The molecule has 9 heteroatoms. The van der Waals surface area contributed by atoms with Gasteiger partial charge in [-0.25, -0.2) is 4.68 Å². The van der Waals surface area contributed by atoms with Gasteiger partial charge in [-0.15, -0.1) is 10.2 Å². The molecule has 1 atom stereocenters. The van der Waals surface area contributed by atoms with Crippen molar-refractivity contribution in [3.8, 4) is 0 Å². The van der Waals surface area contributed by atoms with E-state index in [9.17, 15) is 4.79 Å². The maximum absolute atomic E-state index is 12.2. The molecular weight excluding hydrogens is 384 g/mol. The Labute approximate surface area is 177 Å². The lowest BCUT2D eigenvalue weighted by Gasteiger charge is -2.33. The fourth-order valence-corrected chi connectivity index (χ4v) is 3.83. The molecule has 2 aromatic heterocycles. The molecule has 0 aromatic carbocycles. The number of ether oxygens (including phenoxy) is 1. The van der Waals surface area contributed by atoms with Crippen molar-refractivity contribution in [1.29, 1.82) is 0 Å². The van der Waals surface area contributed by atoms with Crippen LogP contribution in [0.3, 0.4) is 0 Å². The Morgan fingerprint density at radius 1 is 1.07 bits per heavy atom. The summed E-state index contributed by atoms with van der Waals surface area (Å²) >= 11 is 0. The van der Waals surface area contributed by atoms with Gasteiger partial charge in [-0.2, -0.15) is 5.10 Å². The molecule has 2 fully saturated rings. The second kappa shape index (κ2) is 8.95. The molecule has 2 aliphatic rings. The number of hydrogen-bond acceptors (Lipinski definition) is 8. The molecule has 2 aliphatic heterocycles. The Bertz CT molecular complexity index is 889. The molecule has 0 bridgehead atoms. The van der Waals surface area contributed by atoms with Crippen LogP contribution in [0.15, 0.2) is 21.3 Å². The highest BCUT2D eigenvalue weighted by atomic mass is 16.5. The van der Waals surface area contributed by atoms with Gasteiger partial charge in [0.25, 0.3) is 5.56 Å². The zero-order chi connectivity index (χ0) is 21.1. The van der Waals surface area contributed by atoms with Crippen LogP contribution in [-0.2, 0) is 23.2 Å². The van der Waals surface area contributed by atoms with Crippen LogP contribution >= 0.6 is 0 Å². The van der Waals surface area contributed by atoms with Crippen LogP contribution in [0.1, 0.15) is 50.6 Å². The highest BCUT2D eigenvalue weighted by molar-refractivity contribution is 5.10. The second-order valence-corrected chi connectivity index (χ2v) is 9.24. The van der Waals surface area contributed by atoms with Crippen LogP contribution in [-0.4, -0.2) is 75.7 Å². The summed E-state index contributed by atoms with van der Waals surface area (Å²) in [5.41, 5.74) is 0.831. The maximum atomic E-state index is 12.2. The van der Waals surface area contributed by atoms with Crippen LogP contribution < -0.4 is 5.56 Å². The molecular formula is C21H32N6O3. The number of hydrogen-bond donors (Lipinski definition) is 0. The number of nitrogens with zero attached hydrogens (tertiary/aromatic N) is 6. The van der Waals surface area contributed by atoms with Crippen molar-refractivity contribution in [2.24, 2.45) is 0 Å².